The van der Waals surface area contributed by atoms with E-state index < -0.39 is 15.9 Å². The first-order valence-electron chi connectivity index (χ1n) is 11.1. The molecule has 0 unspecified atom stereocenters. The van der Waals surface area contributed by atoms with Gasteiger partial charge in [-0.25, -0.2) is 13.1 Å². The summed E-state index contributed by atoms with van der Waals surface area (Å²) >= 11 is 0. The highest BCUT2D eigenvalue weighted by Gasteiger charge is 2.32. The average Bonchev–Trinajstić information content (AvgIpc) is 3.61. The molecule has 33 heavy (non-hydrogen) atoms. The Morgan fingerprint density at radius 2 is 1.82 bits per heavy atom. The zero-order valence-electron chi connectivity index (χ0n) is 19.2. The number of nitrogens with zero attached hydrogens (tertiary/aromatic N) is 2. The molecule has 1 aliphatic heterocycles. The maximum atomic E-state index is 12.9. The van der Waals surface area contributed by atoms with Crippen LogP contribution in [-0.2, 0) is 24.3 Å². The van der Waals surface area contributed by atoms with Crippen molar-refractivity contribution < 1.29 is 32.3 Å². The Kier molecular flexibility index (Phi) is 7.96. The molecular weight excluding hydrogens is 450 g/mol. The van der Waals surface area contributed by atoms with Gasteiger partial charge in [0.2, 0.25) is 15.9 Å². The summed E-state index contributed by atoms with van der Waals surface area (Å²) in [6, 6.07) is 4.10. The van der Waals surface area contributed by atoms with Gasteiger partial charge in [-0.3, -0.25) is 14.4 Å². The third-order valence-electron chi connectivity index (χ3n) is 5.79. The van der Waals surface area contributed by atoms with Gasteiger partial charge in [-0.1, -0.05) is 0 Å². The average molecular weight is 482 g/mol. The first-order chi connectivity index (χ1) is 15.7. The molecule has 0 atom stereocenters. The summed E-state index contributed by atoms with van der Waals surface area (Å²) in [6.07, 6.45) is 2.61. The van der Waals surface area contributed by atoms with Gasteiger partial charge in [0.25, 0.3) is 5.91 Å². The van der Waals surface area contributed by atoms with Crippen LogP contribution in [0.5, 0.6) is 5.75 Å². The van der Waals surface area contributed by atoms with Gasteiger partial charge in [0.15, 0.2) is 0 Å². The number of esters is 1. The van der Waals surface area contributed by atoms with Gasteiger partial charge in [-0.2, -0.15) is 0 Å². The van der Waals surface area contributed by atoms with Crippen molar-refractivity contribution in [1.29, 1.82) is 0 Å². The van der Waals surface area contributed by atoms with Crippen LogP contribution in [-0.4, -0.2) is 82.4 Å². The van der Waals surface area contributed by atoms with Crippen LogP contribution in [0.15, 0.2) is 23.1 Å². The number of carbonyl (C=O) groups is 3. The van der Waals surface area contributed by atoms with Crippen molar-refractivity contribution in [2.75, 3.05) is 40.4 Å². The molecule has 11 heteroatoms. The van der Waals surface area contributed by atoms with E-state index in [1.54, 1.807) is 11.8 Å². The summed E-state index contributed by atoms with van der Waals surface area (Å²) in [5, 5.41) is 0. The molecule has 0 aromatic heterocycles. The zero-order chi connectivity index (χ0) is 24.2. The van der Waals surface area contributed by atoms with Crippen molar-refractivity contribution in [2.45, 2.75) is 43.5 Å². The standard InChI is InChI=1S/C22H31N3O7S/c1-4-32-22(28)15-9-11-25(12-10-15)20(26)14-24(2)21(27)16-5-8-18(31-3)19(13-16)33(29,30)23-17-6-7-17/h5,8,13,15,17,23H,4,6-7,9-12,14H2,1-3H3. The molecule has 1 aromatic rings. The fourth-order valence-corrected chi connectivity index (χ4v) is 5.22. The minimum Gasteiger partial charge on any atom is -0.495 e. The predicted octanol–water partition coefficient (Wildman–Crippen LogP) is 1.01. The first kappa shape index (κ1) is 25.0. The zero-order valence-corrected chi connectivity index (χ0v) is 20.0. The van der Waals surface area contributed by atoms with Gasteiger partial charge >= 0.3 is 5.97 Å². The molecular formula is C22H31N3O7S. The minimum atomic E-state index is -3.84. The SMILES string of the molecule is CCOC(=O)C1CCN(C(=O)CN(C)C(=O)c2ccc(OC)c(S(=O)(=O)NC3CC3)c2)CC1. The second-order valence-electron chi connectivity index (χ2n) is 8.33. The minimum absolute atomic E-state index is 0.0904. The number of likely N-dealkylation sites (N-methyl/N-ethyl adjacent to an activating group) is 1. The van der Waals surface area contributed by atoms with E-state index in [4.69, 9.17) is 9.47 Å². The highest BCUT2D eigenvalue weighted by atomic mass is 32.2. The van der Waals surface area contributed by atoms with Crippen molar-refractivity contribution in [3.05, 3.63) is 23.8 Å². The molecule has 2 fully saturated rings. The molecule has 1 saturated carbocycles. The number of nitrogens with one attached hydrogen (secondary N) is 1. The van der Waals surface area contributed by atoms with E-state index in [9.17, 15) is 22.8 Å². The van der Waals surface area contributed by atoms with Crippen LogP contribution < -0.4 is 9.46 Å². The number of amides is 2. The van der Waals surface area contributed by atoms with E-state index in [1.807, 2.05) is 0 Å². The van der Waals surface area contributed by atoms with Crippen molar-refractivity contribution in [2.24, 2.45) is 5.92 Å². The topological polar surface area (TPSA) is 122 Å². The molecule has 10 nitrogen and oxygen atoms in total. The van der Waals surface area contributed by atoms with Crippen LogP contribution in [0, 0.1) is 5.92 Å². The molecule has 1 heterocycles. The summed E-state index contributed by atoms with van der Waals surface area (Å²) in [4.78, 5) is 40.3. The van der Waals surface area contributed by atoms with E-state index in [-0.39, 0.29) is 46.6 Å². The number of likely N-dealkylation sites (tertiary alicyclic amines) is 1. The molecule has 1 aliphatic carbocycles. The monoisotopic (exact) mass is 481 g/mol. The number of ether oxygens (including phenoxy) is 2. The number of sulfonamides is 1. The van der Waals surface area contributed by atoms with Crippen molar-refractivity contribution in [3.8, 4) is 5.75 Å². The van der Waals surface area contributed by atoms with Crippen molar-refractivity contribution in [1.82, 2.24) is 14.5 Å². The second kappa shape index (κ2) is 10.5. The van der Waals surface area contributed by atoms with Gasteiger partial charge < -0.3 is 19.3 Å². The van der Waals surface area contributed by atoms with E-state index in [2.05, 4.69) is 4.72 Å². The van der Waals surface area contributed by atoms with Crippen LogP contribution in [0.2, 0.25) is 0 Å². The number of hydrogen-bond acceptors (Lipinski definition) is 7. The van der Waals surface area contributed by atoms with Gasteiger partial charge in [0.1, 0.15) is 10.6 Å². The third kappa shape index (κ3) is 6.23. The Hall–Kier alpha value is -2.66. The lowest BCUT2D eigenvalue weighted by Crippen LogP contribution is -2.45. The number of piperidine rings is 1. The largest absolute Gasteiger partial charge is 0.495 e. The normalized spacial score (nSPS) is 16.9. The molecule has 1 N–H and O–H groups in total. The number of benzene rings is 1. The van der Waals surface area contributed by atoms with Crippen molar-refractivity contribution in [3.63, 3.8) is 0 Å². The quantitative estimate of drug-likeness (QED) is 0.522. The van der Waals surface area contributed by atoms with Crippen LogP contribution in [0.4, 0.5) is 0 Å². The van der Waals surface area contributed by atoms with Gasteiger partial charge in [-0.15, -0.1) is 0 Å². The number of rotatable bonds is 9. The van der Waals surface area contributed by atoms with E-state index in [0.29, 0.717) is 32.5 Å². The second-order valence-corrected chi connectivity index (χ2v) is 10.0. The number of hydrogen-bond donors (Lipinski definition) is 1. The molecule has 2 amide bonds. The molecule has 0 bridgehead atoms. The first-order valence-corrected chi connectivity index (χ1v) is 12.5. The molecule has 1 aromatic carbocycles. The van der Waals surface area contributed by atoms with Crippen LogP contribution in [0.25, 0.3) is 0 Å². The number of carbonyl (C=O) groups excluding carboxylic acids is 3. The van der Waals surface area contributed by atoms with Crippen LogP contribution >= 0.6 is 0 Å². The van der Waals surface area contributed by atoms with E-state index in [1.165, 1.54) is 37.3 Å². The summed E-state index contributed by atoms with van der Waals surface area (Å²) in [6.45, 7) is 2.77. The molecule has 2 aliphatic rings. The molecule has 182 valence electrons. The molecule has 0 radical (unpaired) electrons. The summed E-state index contributed by atoms with van der Waals surface area (Å²) in [5.74, 6) is -1.02. The van der Waals surface area contributed by atoms with Gasteiger partial charge in [0.05, 0.1) is 26.2 Å². The van der Waals surface area contributed by atoms with Crippen molar-refractivity contribution >= 4 is 27.8 Å². The maximum absolute atomic E-state index is 12.9. The fourth-order valence-electron chi connectivity index (χ4n) is 3.72. The van der Waals surface area contributed by atoms with E-state index >= 15 is 0 Å². The van der Waals surface area contributed by atoms with Crippen LogP contribution in [0.1, 0.15) is 43.0 Å². The molecule has 0 spiro atoms. The van der Waals surface area contributed by atoms with Gasteiger partial charge in [-0.05, 0) is 50.8 Å². The Balaban J connectivity index is 1.63. The maximum Gasteiger partial charge on any atom is 0.309 e. The van der Waals surface area contributed by atoms with Crippen LogP contribution in [0.3, 0.4) is 0 Å². The Labute approximate surface area is 194 Å². The highest BCUT2D eigenvalue weighted by Crippen LogP contribution is 2.28. The lowest BCUT2D eigenvalue weighted by Gasteiger charge is -2.32. The highest BCUT2D eigenvalue weighted by molar-refractivity contribution is 7.89. The summed E-state index contributed by atoms with van der Waals surface area (Å²) in [5.41, 5.74) is 0.142. The molecule has 1 saturated heterocycles. The van der Waals surface area contributed by atoms with E-state index in [0.717, 1.165) is 12.8 Å². The Bertz CT molecular complexity index is 999. The predicted molar refractivity (Wildman–Crippen MR) is 119 cm³/mol. The lowest BCUT2D eigenvalue weighted by atomic mass is 9.97. The van der Waals surface area contributed by atoms with Gasteiger partial charge in [0, 0.05) is 31.7 Å². The fraction of sp³-hybridized carbons (Fsp3) is 0.591. The number of methoxy groups -OCH3 is 1. The Morgan fingerprint density at radius 3 is 2.39 bits per heavy atom. The third-order valence-corrected chi connectivity index (χ3v) is 7.33. The smallest absolute Gasteiger partial charge is 0.309 e. The lowest BCUT2D eigenvalue weighted by molar-refractivity contribution is -0.151. The summed E-state index contributed by atoms with van der Waals surface area (Å²) in [7, 11) is -0.980. The Morgan fingerprint density at radius 1 is 1.15 bits per heavy atom. The summed E-state index contributed by atoms with van der Waals surface area (Å²) < 4.78 is 38.2. The molecule has 3 rings (SSSR count).